The minimum Gasteiger partial charge on any atom is -0.379 e. The van der Waals surface area contributed by atoms with Crippen molar-refractivity contribution in [3.63, 3.8) is 0 Å². The van der Waals surface area contributed by atoms with Gasteiger partial charge in [0.05, 0.1) is 32.5 Å². The van der Waals surface area contributed by atoms with Gasteiger partial charge in [-0.25, -0.2) is 0 Å². The molecule has 0 aromatic carbocycles. The largest absolute Gasteiger partial charge is 0.379 e. The molecule has 6 nitrogen and oxygen atoms in total. The Morgan fingerprint density at radius 1 is 0.952 bits per heavy atom. The number of nitrogens with one attached hydrogen (secondary N) is 1. The molecule has 0 spiro atoms. The maximum atomic E-state index is 11.4. The Labute approximate surface area is 126 Å². The van der Waals surface area contributed by atoms with Gasteiger partial charge in [-0.3, -0.25) is 14.4 Å². The molecular weight excluding hydrogens is 274 g/mol. The molecule has 0 saturated heterocycles. The third-order valence-corrected chi connectivity index (χ3v) is 2.78. The van der Waals surface area contributed by atoms with Gasteiger partial charge >= 0.3 is 0 Å². The summed E-state index contributed by atoms with van der Waals surface area (Å²) in [6.45, 7) is 7.86. The van der Waals surface area contributed by atoms with Crippen molar-refractivity contribution in [1.29, 1.82) is 0 Å². The fraction of sp³-hybridized carbons (Fsp3) is 0.800. The number of Topliss-reactive ketones (excluding diaryl/α,β-unsaturated/α-hetero) is 2. The second-order valence-corrected chi connectivity index (χ2v) is 5.37. The van der Waals surface area contributed by atoms with E-state index in [1.165, 1.54) is 13.8 Å². The Morgan fingerprint density at radius 2 is 1.48 bits per heavy atom. The molecule has 0 aromatic heterocycles. The van der Waals surface area contributed by atoms with E-state index in [9.17, 15) is 14.4 Å². The summed E-state index contributed by atoms with van der Waals surface area (Å²) >= 11 is 0. The van der Waals surface area contributed by atoms with Crippen molar-refractivity contribution < 1.29 is 23.9 Å². The number of amides is 1. The number of hydrogen-bond acceptors (Lipinski definition) is 5. The maximum Gasteiger partial charge on any atom is 0.217 e. The minimum atomic E-state index is -0.274. The molecule has 1 atom stereocenters. The Morgan fingerprint density at radius 3 is 1.90 bits per heavy atom. The average molecular weight is 301 g/mol. The van der Waals surface area contributed by atoms with Crippen LogP contribution >= 0.6 is 0 Å². The molecule has 0 radical (unpaired) electrons. The second kappa shape index (κ2) is 11.4. The van der Waals surface area contributed by atoms with E-state index in [2.05, 4.69) is 5.32 Å². The lowest BCUT2D eigenvalue weighted by Gasteiger charge is -2.18. The van der Waals surface area contributed by atoms with Gasteiger partial charge in [-0.15, -0.1) is 0 Å². The number of carbonyl (C=O) groups excluding carboxylic acids is 3. The highest BCUT2D eigenvalue weighted by molar-refractivity contribution is 5.80. The molecular formula is C15H27NO5. The monoisotopic (exact) mass is 301 g/mol. The first-order chi connectivity index (χ1) is 9.82. The summed E-state index contributed by atoms with van der Waals surface area (Å²) in [5, 5.41) is 2.72. The second-order valence-electron chi connectivity index (χ2n) is 5.37. The summed E-state index contributed by atoms with van der Waals surface area (Å²) in [5.74, 6) is 0.0602. The maximum absolute atomic E-state index is 11.4. The van der Waals surface area contributed by atoms with Crippen molar-refractivity contribution in [2.45, 2.75) is 46.6 Å². The normalized spacial score (nSPS) is 12.2. The molecule has 0 saturated carbocycles. The average Bonchev–Trinajstić information content (AvgIpc) is 2.37. The summed E-state index contributed by atoms with van der Waals surface area (Å²) < 4.78 is 10.8. The van der Waals surface area contributed by atoms with E-state index in [1.54, 1.807) is 0 Å². The topological polar surface area (TPSA) is 81.7 Å². The van der Waals surface area contributed by atoms with Gasteiger partial charge in [0.1, 0.15) is 11.6 Å². The zero-order valence-corrected chi connectivity index (χ0v) is 13.4. The zero-order valence-electron chi connectivity index (χ0n) is 13.4. The number of hydrogen-bond donors (Lipinski definition) is 1. The van der Waals surface area contributed by atoms with Crippen LogP contribution in [0.25, 0.3) is 0 Å². The fourth-order valence-electron chi connectivity index (χ4n) is 1.55. The highest BCUT2D eigenvalue weighted by atomic mass is 16.5. The lowest BCUT2D eigenvalue weighted by Crippen LogP contribution is -2.40. The van der Waals surface area contributed by atoms with E-state index >= 15 is 0 Å². The van der Waals surface area contributed by atoms with Gasteiger partial charge in [0.2, 0.25) is 5.91 Å². The predicted molar refractivity (Wildman–Crippen MR) is 79.0 cm³/mol. The Kier molecular flexibility index (Phi) is 10.7. The van der Waals surface area contributed by atoms with Crippen LogP contribution in [0.2, 0.25) is 0 Å². The van der Waals surface area contributed by atoms with Gasteiger partial charge in [0.25, 0.3) is 0 Å². The van der Waals surface area contributed by atoms with Crippen molar-refractivity contribution in [2.75, 3.05) is 26.4 Å². The number of ketones is 2. The van der Waals surface area contributed by atoms with E-state index in [1.807, 2.05) is 13.8 Å². The molecule has 1 N–H and O–H groups in total. The molecule has 122 valence electrons. The molecule has 1 amide bonds. The van der Waals surface area contributed by atoms with Crippen LogP contribution in [0, 0.1) is 5.92 Å². The number of ether oxygens (including phenoxy) is 2. The lowest BCUT2D eigenvalue weighted by molar-refractivity contribution is -0.124. The van der Waals surface area contributed by atoms with E-state index in [-0.39, 0.29) is 42.6 Å². The van der Waals surface area contributed by atoms with E-state index in [0.717, 1.165) is 0 Å². The fourth-order valence-corrected chi connectivity index (χ4v) is 1.55. The molecule has 0 aliphatic carbocycles. The van der Waals surface area contributed by atoms with Gasteiger partial charge in [-0.05, 0) is 6.92 Å². The smallest absolute Gasteiger partial charge is 0.217 e. The quantitative estimate of drug-likeness (QED) is 0.546. The van der Waals surface area contributed by atoms with Crippen molar-refractivity contribution in [3.8, 4) is 0 Å². The van der Waals surface area contributed by atoms with Crippen molar-refractivity contribution in [3.05, 3.63) is 0 Å². The van der Waals surface area contributed by atoms with Crippen LogP contribution in [0.1, 0.15) is 40.5 Å². The summed E-state index contributed by atoms with van der Waals surface area (Å²) in [4.78, 5) is 33.3. The molecule has 0 aliphatic rings. The van der Waals surface area contributed by atoms with Crippen LogP contribution in [0.15, 0.2) is 0 Å². The van der Waals surface area contributed by atoms with Gasteiger partial charge in [-0.2, -0.15) is 0 Å². The molecule has 0 heterocycles. The van der Waals surface area contributed by atoms with E-state index in [4.69, 9.17) is 9.47 Å². The standard InChI is InChI=1S/C15H27NO5/c1-11(2)15(19)6-8-21-10-14(16-13(4)18)9-20-7-5-12(3)17/h11,14H,5-10H2,1-4H3,(H,16,18). The van der Waals surface area contributed by atoms with Crippen LogP contribution in [-0.4, -0.2) is 49.9 Å². The first kappa shape index (κ1) is 19.7. The predicted octanol–water partition coefficient (Wildman–Crippen LogP) is 1.12. The van der Waals surface area contributed by atoms with Crippen LogP contribution < -0.4 is 5.32 Å². The highest BCUT2D eigenvalue weighted by Gasteiger charge is 2.12. The molecule has 1 unspecified atom stereocenters. The lowest BCUT2D eigenvalue weighted by atomic mass is 10.1. The molecule has 0 aliphatic heterocycles. The van der Waals surface area contributed by atoms with E-state index < -0.39 is 0 Å². The van der Waals surface area contributed by atoms with Gasteiger partial charge in [0.15, 0.2) is 0 Å². The van der Waals surface area contributed by atoms with E-state index in [0.29, 0.717) is 26.1 Å². The number of rotatable bonds is 12. The van der Waals surface area contributed by atoms with Crippen LogP contribution in [0.3, 0.4) is 0 Å². The molecule has 0 bridgehead atoms. The van der Waals surface area contributed by atoms with Crippen LogP contribution in [0.4, 0.5) is 0 Å². The Bertz CT molecular complexity index is 341. The SMILES string of the molecule is CC(=O)CCOCC(COCCC(=O)C(C)C)NC(C)=O. The summed E-state index contributed by atoms with van der Waals surface area (Å²) in [7, 11) is 0. The molecule has 0 rings (SSSR count). The highest BCUT2D eigenvalue weighted by Crippen LogP contribution is 1.99. The molecule has 0 fully saturated rings. The molecule has 6 heteroatoms. The summed E-state index contributed by atoms with van der Waals surface area (Å²) in [5.41, 5.74) is 0. The minimum absolute atomic E-state index is 0.00894. The van der Waals surface area contributed by atoms with Crippen molar-refractivity contribution in [2.24, 2.45) is 5.92 Å². The molecule has 0 aromatic rings. The zero-order chi connectivity index (χ0) is 16.3. The third-order valence-electron chi connectivity index (χ3n) is 2.78. The van der Waals surface area contributed by atoms with Gasteiger partial charge in [-0.1, -0.05) is 13.8 Å². The third kappa shape index (κ3) is 12.2. The Hall–Kier alpha value is -1.27. The summed E-state index contributed by atoms with van der Waals surface area (Å²) in [6, 6.07) is -0.274. The summed E-state index contributed by atoms with van der Waals surface area (Å²) in [6.07, 6.45) is 0.728. The molecule has 21 heavy (non-hydrogen) atoms. The first-order valence-corrected chi connectivity index (χ1v) is 7.27. The Balaban J connectivity index is 3.92. The number of carbonyl (C=O) groups is 3. The van der Waals surface area contributed by atoms with Gasteiger partial charge in [0, 0.05) is 25.7 Å². The van der Waals surface area contributed by atoms with Gasteiger partial charge < -0.3 is 14.8 Å². The van der Waals surface area contributed by atoms with Crippen molar-refractivity contribution in [1.82, 2.24) is 5.32 Å². The van der Waals surface area contributed by atoms with Crippen LogP contribution in [0.5, 0.6) is 0 Å². The van der Waals surface area contributed by atoms with Crippen LogP contribution in [-0.2, 0) is 23.9 Å². The van der Waals surface area contributed by atoms with Crippen molar-refractivity contribution >= 4 is 17.5 Å². The first-order valence-electron chi connectivity index (χ1n) is 7.27.